The minimum atomic E-state index is -0.850. The zero-order valence-electron chi connectivity index (χ0n) is 15.2. The number of carbonyl (C=O) groups excluding carboxylic acids is 2. The predicted molar refractivity (Wildman–Crippen MR) is 93.9 cm³/mol. The Bertz CT molecular complexity index is 777. The Balaban J connectivity index is 1.57. The summed E-state index contributed by atoms with van der Waals surface area (Å²) in [6.07, 6.45) is 2.15. The number of nitrogens with zero attached hydrogens (tertiary/aromatic N) is 2. The molecule has 3 aliphatic rings. The van der Waals surface area contributed by atoms with Crippen molar-refractivity contribution in [2.75, 3.05) is 20.1 Å². The third kappa shape index (κ3) is 3.19. The minimum Gasteiger partial charge on any atom is -0.481 e. The number of amides is 2. The van der Waals surface area contributed by atoms with Gasteiger partial charge in [0.2, 0.25) is 11.8 Å². The van der Waals surface area contributed by atoms with Gasteiger partial charge in [-0.2, -0.15) is 0 Å². The summed E-state index contributed by atoms with van der Waals surface area (Å²) in [5, 5.41) is 9.53. The molecule has 2 aliphatic heterocycles. The van der Waals surface area contributed by atoms with E-state index in [0.29, 0.717) is 12.5 Å². The van der Waals surface area contributed by atoms with Crippen LogP contribution in [0.1, 0.15) is 30.9 Å². The number of carbonyl (C=O) groups is 3. The van der Waals surface area contributed by atoms with Crippen molar-refractivity contribution in [2.45, 2.75) is 25.3 Å². The second-order valence-electron chi connectivity index (χ2n) is 8.00. The molecule has 144 valence electrons. The van der Waals surface area contributed by atoms with E-state index >= 15 is 0 Å². The van der Waals surface area contributed by atoms with E-state index < -0.39 is 23.8 Å². The SMILES string of the molecule is CN1C(=O)CC(C(=O)N2C[C@H](C(=O)O)[C@@H](C3CC3)C2)C1c1ccc(F)cc1. The summed E-state index contributed by atoms with van der Waals surface area (Å²) in [5.41, 5.74) is 0.718. The van der Waals surface area contributed by atoms with Gasteiger partial charge in [0.25, 0.3) is 0 Å². The molecule has 7 heteroatoms. The average Bonchev–Trinajstić information content (AvgIpc) is 3.31. The molecule has 2 saturated heterocycles. The highest BCUT2D eigenvalue weighted by atomic mass is 19.1. The molecule has 0 aromatic heterocycles. The van der Waals surface area contributed by atoms with Gasteiger partial charge in [0, 0.05) is 26.6 Å². The Morgan fingerprint density at radius 2 is 1.78 bits per heavy atom. The summed E-state index contributed by atoms with van der Waals surface area (Å²) < 4.78 is 13.3. The molecule has 0 spiro atoms. The van der Waals surface area contributed by atoms with E-state index in [1.165, 1.54) is 12.1 Å². The molecule has 0 bridgehead atoms. The van der Waals surface area contributed by atoms with E-state index in [2.05, 4.69) is 0 Å². The van der Waals surface area contributed by atoms with Gasteiger partial charge in [-0.05, 0) is 42.4 Å². The molecule has 4 atom stereocenters. The van der Waals surface area contributed by atoms with E-state index in [9.17, 15) is 23.9 Å². The lowest BCUT2D eigenvalue weighted by molar-refractivity contribution is -0.143. The van der Waals surface area contributed by atoms with Crippen LogP contribution in [0.15, 0.2) is 24.3 Å². The molecule has 1 aromatic rings. The Morgan fingerprint density at radius 3 is 2.37 bits per heavy atom. The summed E-state index contributed by atoms with van der Waals surface area (Å²) in [5.74, 6) is -2.22. The van der Waals surface area contributed by atoms with Gasteiger partial charge in [0.05, 0.1) is 17.9 Å². The molecule has 2 unspecified atom stereocenters. The molecule has 4 rings (SSSR count). The number of benzene rings is 1. The van der Waals surface area contributed by atoms with Crippen LogP contribution in [0.2, 0.25) is 0 Å². The zero-order valence-corrected chi connectivity index (χ0v) is 15.2. The highest BCUT2D eigenvalue weighted by Crippen LogP contribution is 2.45. The molecule has 1 saturated carbocycles. The third-order valence-electron chi connectivity index (χ3n) is 6.34. The third-order valence-corrected chi connectivity index (χ3v) is 6.34. The molecule has 2 amide bonds. The molecule has 3 fully saturated rings. The lowest BCUT2D eigenvalue weighted by atomic mass is 9.92. The van der Waals surface area contributed by atoms with Gasteiger partial charge in [-0.1, -0.05) is 12.1 Å². The number of carboxylic acid groups (broad SMARTS) is 1. The minimum absolute atomic E-state index is 0.00514. The van der Waals surface area contributed by atoms with Crippen molar-refractivity contribution in [3.05, 3.63) is 35.6 Å². The fourth-order valence-electron chi connectivity index (χ4n) is 4.71. The van der Waals surface area contributed by atoms with Crippen LogP contribution in [-0.2, 0) is 14.4 Å². The smallest absolute Gasteiger partial charge is 0.308 e. The molecule has 0 radical (unpaired) electrons. The fourth-order valence-corrected chi connectivity index (χ4v) is 4.71. The maximum atomic E-state index is 13.3. The number of carboxylic acids is 1. The summed E-state index contributed by atoms with van der Waals surface area (Å²) in [6.45, 7) is 0.658. The molecular formula is C20H23FN2O4. The molecule has 1 aromatic carbocycles. The lowest BCUT2D eigenvalue weighted by Crippen LogP contribution is -2.37. The van der Waals surface area contributed by atoms with Crippen LogP contribution in [0.3, 0.4) is 0 Å². The van der Waals surface area contributed by atoms with Crippen molar-refractivity contribution in [3.63, 3.8) is 0 Å². The highest BCUT2D eigenvalue weighted by molar-refractivity contribution is 5.91. The second-order valence-corrected chi connectivity index (χ2v) is 8.00. The van der Waals surface area contributed by atoms with Gasteiger partial charge in [0.1, 0.15) is 5.82 Å². The molecule has 27 heavy (non-hydrogen) atoms. The van der Waals surface area contributed by atoms with E-state index in [1.807, 2.05) is 0 Å². The first-order valence-corrected chi connectivity index (χ1v) is 9.39. The summed E-state index contributed by atoms with van der Waals surface area (Å²) in [7, 11) is 1.65. The van der Waals surface area contributed by atoms with Crippen molar-refractivity contribution in [2.24, 2.45) is 23.7 Å². The molecular weight excluding hydrogens is 351 g/mol. The standard InChI is InChI=1S/C20H23FN2O4/c1-22-17(24)8-14(18(22)12-4-6-13(21)7-5-12)19(25)23-9-15(11-2-3-11)16(10-23)20(26)27/h4-7,11,14-16,18H,2-3,8-10H2,1H3,(H,26,27)/t14?,15-,16+,18?/m1/s1. The quantitative estimate of drug-likeness (QED) is 0.873. The first-order valence-electron chi connectivity index (χ1n) is 9.39. The Kier molecular flexibility index (Phi) is 4.40. The van der Waals surface area contributed by atoms with Crippen LogP contribution >= 0.6 is 0 Å². The number of hydrogen-bond acceptors (Lipinski definition) is 3. The monoisotopic (exact) mass is 374 g/mol. The van der Waals surface area contributed by atoms with Crippen molar-refractivity contribution < 1.29 is 23.9 Å². The van der Waals surface area contributed by atoms with Crippen LogP contribution in [0, 0.1) is 29.5 Å². The van der Waals surface area contributed by atoms with E-state index in [-0.39, 0.29) is 36.5 Å². The van der Waals surface area contributed by atoms with Gasteiger partial charge in [0.15, 0.2) is 0 Å². The van der Waals surface area contributed by atoms with Gasteiger partial charge < -0.3 is 14.9 Å². The fraction of sp³-hybridized carbons (Fsp3) is 0.550. The largest absolute Gasteiger partial charge is 0.481 e. The number of rotatable bonds is 4. The predicted octanol–water partition coefficient (Wildman–Crippen LogP) is 1.91. The Hall–Kier alpha value is -2.44. The molecule has 6 nitrogen and oxygen atoms in total. The number of likely N-dealkylation sites (tertiary alicyclic amines) is 2. The molecule has 1 aliphatic carbocycles. The van der Waals surface area contributed by atoms with Crippen LogP contribution in [-0.4, -0.2) is 52.8 Å². The van der Waals surface area contributed by atoms with Crippen molar-refractivity contribution in [1.29, 1.82) is 0 Å². The van der Waals surface area contributed by atoms with Gasteiger partial charge in [-0.3, -0.25) is 14.4 Å². The topological polar surface area (TPSA) is 77.9 Å². The van der Waals surface area contributed by atoms with Crippen molar-refractivity contribution in [1.82, 2.24) is 9.80 Å². The van der Waals surface area contributed by atoms with Crippen LogP contribution in [0.25, 0.3) is 0 Å². The number of halogens is 1. The average molecular weight is 374 g/mol. The van der Waals surface area contributed by atoms with Crippen LogP contribution in [0.5, 0.6) is 0 Å². The van der Waals surface area contributed by atoms with Gasteiger partial charge in [-0.25, -0.2) is 4.39 Å². The Labute approximate surface area is 156 Å². The van der Waals surface area contributed by atoms with Crippen LogP contribution in [0.4, 0.5) is 4.39 Å². The van der Waals surface area contributed by atoms with Crippen LogP contribution < -0.4 is 0 Å². The maximum absolute atomic E-state index is 13.3. The summed E-state index contributed by atoms with van der Waals surface area (Å²) in [6, 6.07) is 5.41. The van der Waals surface area contributed by atoms with E-state index in [1.54, 1.807) is 29.0 Å². The van der Waals surface area contributed by atoms with E-state index in [4.69, 9.17) is 0 Å². The first-order chi connectivity index (χ1) is 12.9. The van der Waals surface area contributed by atoms with E-state index in [0.717, 1.165) is 18.4 Å². The number of hydrogen-bond donors (Lipinski definition) is 1. The second kappa shape index (κ2) is 6.62. The van der Waals surface area contributed by atoms with Crippen molar-refractivity contribution in [3.8, 4) is 0 Å². The normalized spacial score (nSPS) is 30.8. The van der Waals surface area contributed by atoms with Gasteiger partial charge in [-0.15, -0.1) is 0 Å². The molecule has 1 N–H and O–H groups in total. The van der Waals surface area contributed by atoms with Crippen molar-refractivity contribution >= 4 is 17.8 Å². The Morgan fingerprint density at radius 1 is 1.11 bits per heavy atom. The highest BCUT2D eigenvalue weighted by Gasteiger charge is 2.50. The summed E-state index contributed by atoms with van der Waals surface area (Å²) >= 11 is 0. The maximum Gasteiger partial charge on any atom is 0.308 e. The zero-order chi connectivity index (χ0) is 19.3. The summed E-state index contributed by atoms with van der Waals surface area (Å²) in [4.78, 5) is 40.3. The first kappa shape index (κ1) is 17.9. The van der Waals surface area contributed by atoms with Gasteiger partial charge >= 0.3 is 5.97 Å². The molecule has 2 heterocycles. The number of aliphatic carboxylic acids is 1. The lowest BCUT2D eigenvalue weighted by Gasteiger charge is -2.28.